The van der Waals surface area contributed by atoms with Crippen LogP contribution in [0.5, 0.6) is 0 Å². The molecule has 15 heavy (non-hydrogen) atoms. The van der Waals surface area contributed by atoms with Gasteiger partial charge in [-0.25, -0.2) is 4.79 Å². The van der Waals surface area contributed by atoms with Gasteiger partial charge >= 0.3 is 5.97 Å². The molecule has 2 N–H and O–H groups in total. The summed E-state index contributed by atoms with van der Waals surface area (Å²) in [4.78, 5) is 22.1. The molecule has 0 spiro atoms. The van der Waals surface area contributed by atoms with Crippen LogP contribution in [0.3, 0.4) is 0 Å². The molecular weight excluding hydrogens is 194 g/mol. The zero-order chi connectivity index (χ0) is 12.0. The summed E-state index contributed by atoms with van der Waals surface area (Å²) in [5.74, 6) is -1.43. The highest BCUT2D eigenvalue weighted by molar-refractivity contribution is 5.84. The summed E-state index contributed by atoms with van der Waals surface area (Å²) >= 11 is 0. The summed E-state index contributed by atoms with van der Waals surface area (Å²) in [5, 5.41) is 11.4. The minimum Gasteiger partial charge on any atom is -0.480 e. The van der Waals surface area contributed by atoms with Gasteiger partial charge in [-0.3, -0.25) is 4.79 Å². The molecule has 1 atom stereocenters. The number of carbonyl (C=O) groups excluding carboxylic acids is 1. The molecule has 86 valence electrons. The normalized spacial score (nSPS) is 12.1. The van der Waals surface area contributed by atoms with Crippen molar-refractivity contribution in [1.82, 2.24) is 5.32 Å². The van der Waals surface area contributed by atoms with Gasteiger partial charge in [0, 0.05) is 5.92 Å². The van der Waals surface area contributed by atoms with Gasteiger partial charge in [0.1, 0.15) is 6.04 Å². The maximum Gasteiger partial charge on any atom is 0.326 e. The summed E-state index contributed by atoms with van der Waals surface area (Å²) in [5.41, 5.74) is 1.04. The largest absolute Gasteiger partial charge is 0.480 e. The quantitative estimate of drug-likeness (QED) is 0.681. The van der Waals surface area contributed by atoms with Gasteiger partial charge in [-0.15, -0.1) is 0 Å². The van der Waals surface area contributed by atoms with Crippen molar-refractivity contribution < 1.29 is 14.7 Å². The van der Waals surface area contributed by atoms with Crippen LogP contribution in [0.4, 0.5) is 0 Å². The first-order chi connectivity index (χ1) is 6.84. The zero-order valence-electron chi connectivity index (χ0n) is 9.70. The fraction of sp³-hybridized carbons (Fsp3) is 0.636. The van der Waals surface area contributed by atoms with Crippen LogP contribution < -0.4 is 5.32 Å². The zero-order valence-corrected chi connectivity index (χ0v) is 9.70. The minimum absolute atomic E-state index is 0.196. The number of carboxylic acid groups (broad SMARTS) is 1. The second kappa shape index (κ2) is 6.22. The number of carbonyl (C=O) groups is 2. The average Bonchev–Trinajstić information content (AvgIpc) is 2.10. The lowest BCUT2D eigenvalue weighted by Crippen LogP contribution is -2.42. The Balaban J connectivity index is 4.36. The molecule has 0 aliphatic heterocycles. The number of amides is 1. The minimum atomic E-state index is -0.999. The van der Waals surface area contributed by atoms with Crippen molar-refractivity contribution in [2.24, 2.45) is 5.92 Å². The SMILES string of the molecule is CC(C)=CC[C@@H](NC(=O)C(C)C)C(=O)O. The molecule has 0 aromatic rings. The topological polar surface area (TPSA) is 66.4 Å². The molecule has 0 aliphatic carbocycles. The van der Waals surface area contributed by atoms with Crippen LogP contribution >= 0.6 is 0 Å². The average molecular weight is 213 g/mol. The van der Waals surface area contributed by atoms with E-state index in [-0.39, 0.29) is 11.8 Å². The Kier molecular flexibility index (Phi) is 5.67. The highest BCUT2D eigenvalue weighted by Crippen LogP contribution is 2.01. The van der Waals surface area contributed by atoms with Gasteiger partial charge in [0.25, 0.3) is 0 Å². The van der Waals surface area contributed by atoms with E-state index in [1.807, 2.05) is 13.8 Å². The van der Waals surface area contributed by atoms with Crippen LogP contribution in [-0.2, 0) is 9.59 Å². The van der Waals surface area contributed by atoms with Gasteiger partial charge in [0.05, 0.1) is 0 Å². The lowest BCUT2D eigenvalue weighted by molar-refractivity contribution is -0.142. The highest BCUT2D eigenvalue weighted by Gasteiger charge is 2.19. The lowest BCUT2D eigenvalue weighted by atomic mass is 10.1. The Morgan fingerprint density at radius 1 is 1.33 bits per heavy atom. The van der Waals surface area contributed by atoms with Crippen molar-refractivity contribution in [2.75, 3.05) is 0 Å². The number of carboxylic acids is 1. The Labute approximate surface area is 90.4 Å². The van der Waals surface area contributed by atoms with E-state index in [4.69, 9.17) is 5.11 Å². The first-order valence-corrected chi connectivity index (χ1v) is 5.01. The van der Waals surface area contributed by atoms with Crippen LogP contribution in [0.25, 0.3) is 0 Å². The highest BCUT2D eigenvalue weighted by atomic mass is 16.4. The number of aliphatic carboxylic acids is 1. The molecule has 1 amide bonds. The van der Waals surface area contributed by atoms with Crippen molar-refractivity contribution in [3.63, 3.8) is 0 Å². The second-order valence-corrected chi connectivity index (χ2v) is 4.07. The molecular formula is C11H19NO3. The third-order valence-electron chi connectivity index (χ3n) is 1.90. The van der Waals surface area contributed by atoms with E-state index >= 15 is 0 Å². The molecule has 0 heterocycles. The number of rotatable bonds is 5. The Hall–Kier alpha value is -1.32. The number of hydrogen-bond acceptors (Lipinski definition) is 2. The Morgan fingerprint density at radius 2 is 1.87 bits per heavy atom. The van der Waals surface area contributed by atoms with E-state index in [2.05, 4.69) is 5.32 Å². The first-order valence-electron chi connectivity index (χ1n) is 5.01. The van der Waals surface area contributed by atoms with Crippen LogP contribution in [0.1, 0.15) is 34.1 Å². The predicted molar refractivity (Wildman–Crippen MR) is 58.5 cm³/mol. The molecule has 0 fully saturated rings. The van der Waals surface area contributed by atoms with Crippen molar-refractivity contribution in [3.8, 4) is 0 Å². The number of nitrogens with one attached hydrogen (secondary N) is 1. The van der Waals surface area contributed by atoms with Crippen LogP contribution in [0.15, 0.2) is 11.6 Å². The van der Waals surface area contributed by atoms with Crippen molar-refractivity contribution >= 4 is 11.9 Å². The molecule has 0 aromatic heterocycles. The van der Waals surface area contributed by atoms with Gasteiger partial charge in [0.15, 0.2) is 0 Å². The van der Waals surface area contributed by atoms with Crippen LogP contribution in [-0.4, -0.2) is 23.0 Å². The van der Waals surface area contributed by atoms with Crippen LogP contribution in [0, 0.1) is 5.92 Å². The molecule has 4 heteroatoms. The van der Waals surface area contributed by atoms with E-state index in [9.17, 15) is 9.59 Å². The van der Waals surface area contributed by atoms with E-state index < -0.39 is 12.0 Å². The summed E-state index contributed by atoms with van der Waals surface area (Å²) in [6, 6.07) is -0.824. The maximum absolute atomic E-state index is 11.3. The van der Waals surface area contributed by atoms with Gasteiger partial charge in [-0.2, -0.15) is 0 Å². The Morgan fingerprint density at radius 3 is 2.20 bits per heavy atom. The predicted octanol–water partition coefficient (Wildman–Crippen LogP) is 1.57. The summed E-state index contributed by atoms with van der Waals surface area (Å²) < 4.78 is 0. The summed E-state index contributed by atoms with van der Waals surface area (Å²) in [6.45, 7) is 7.25. The van der Waals surface area contributed by atoms with E-state index in [1.165, 1.54) is 0 Å². The fourth-order valence-electron chi connectivity index (χ4n) is 0.913. The molecule has 0 aromatic carbocycles. The molecule has 0 bridgehead atoms. The number of hydrogen-bond donors (Lipinski definition) is 2. The van der Waals surface area contributed by atoms with Gasteiger partial charge in [-0.05, 0) is 20.3 Å². The molecule has 0 radical (unpaired) electrons. The molecule has 0 saturated carbocycles. The van der Waals surface area contributed by atoms with Gasteiger partial charge in [-0.1, -0.05) is 25.5 Å². The molecule has 0 unspecified atom stereocenters. The van der Waals surface area contributed by atoms with E-state index in [0.717, 1.165) is 5.57 Å². The van der Waals surface area contributed by atoms with E-state index in [1.54, 1.807) is 19.9 Å². The molecule has 0 rings (SSSR count). The van der Waals surface area contributed by atoms with Crippen LogP contribution in [0.2, 0.25) is 0 Å². The molecule has 0 aliphatic rings. The second-order valence-electron chi connectivity index (χ2n) is 4.07. The van der Waals surface area contributed by atoms with Gasteiger partial charge < -0.3 is 10.4 Å². The van der Waals surface area contributed by atoms with Gasteiger partial charge in [0.2, 0.25) is 5.91 Å². The fourth-order valence-corrected chi connectivity index (χ4v) is 0.913. The summed E-state index contributed by atoms with van der Waals surface area (Å²) in [6.07, 6.45) is 2.13. The van der Waals surface area contributed by atoms with E-state index in [0.29, 0.717) is 6.42 Å². The smallest absolute Gasteiger partial charge is 0.326 e. The third-order valence-corrected chi connectivity index (χ3v) is 1.90. The van der Waals surface area contributed by atoms with Crippen molar-refractivity contribution in [3.05, 3.63) is 11.6 Å². The third kappa shape index (κ3) is 5.88. The molecule has 0 saturated heterocycles. The van der Waals surface area contributed by atoms with Crippen molar-refractivity contribution in [2.45, 2.75) is 40.2 Å². The standard InChI is InChI=1S/C11H19NO3/c1-7(2)5-6-9(11(14)15)12-10(13)8(3)4/h5,8-9H,6H2,1-4H3,(H,12,13)(H,14,15)/t9-/m1/s1. The maximum atomic E-state index is 11.3. The first kappa shape index (κ1) is 13.7. The number of allylic oxidation sites excluding steroid dienone is 1. The Bertz CT molecular complexity index is 265. The monoisotopic (exact) mass is 213 g/mol. The summed E-state index contributed by atoms with van der Waals surface area (Å²) in [7, 11) is 0. The van der Waals surface area contributed by atoms with Crippen molar-refractivity contribution in [1.29, 1.82) is 0 Å². The molecule has 4 nitrogen and oxygen atoms in total. The lowest BCUT2D eigenvalue weighted by Gasteiger charge is -2.14.